The van der Waals surface area contributed by atoms with E-state index >= 15 is 0 Å². The Balaban J connectivity index is 0.00000225. The van der Waals surface area contributed by atoms with Crippen molar-refractivity contribution in [1.29, 1.82) is 0 Å². The molecule has 0 saturated carbocycles. The van der Waals surface area contributed by atoms with Gasteiger partial charge in [0.2, 0.25) is 0 Å². The zero-order valence-electron chi connectivity index (χ0n) is 13.6. The molecule has 1 aromatic rings. The van der Waals surface area contributed by atoms with E-state index in [1.807, 2.05) is 36.1 Å². The van der Waals surface area contributed by atoms with Crippen LogP contribution in [0.3, 0.4) is 0 Å². The Morgan fingerprint density at radius 3 is 2.52 bits per heavy atom. The zero-order chi connectivity index (χ0) is 17.5. The van der Waals surface area contributed by atoms with Gasteiger partial charge in [-0.05, 0) is 19.1 Å². The van der Waals surface area contributed by atoms with Gasteiger partial charge in [0, 0.05) is 18.0 Å². The molecule has 0 spiro atoms. The van der Waals surface area contributed by atoms with Gasteiger partial charge in [0.25, 0.3) is 5.91 Å². The third-order valence-corrected chi connectivity index (χ3v) is 6.96. The average Bonchev–Trinajstić information content (AvgIpc) is 3.02. The van der Waals surface area contributed by atoms with Crippen molar-refractivity contribution in [2.45, 2.75) is 11.8 Å². The van der Waals surface area contributed by atoms with Gasteiger partial charge in [0.15, 0.2) is 0 Å². The van der Waals surface area contributed by atoms with Gasteiger partial charge < -0.3 is 9.45 Å². The molecule has 2 aliphatic rings. The van der Waals surface area contributed by atoms with E-state index < -0.39 is 15.9 Å². The van der Waals surface area contributed by atoms with Gasteiger partial charge in [-0.25, -0.2) is 8.42 Å². The van der Waals surface area contributed by atoms with Gasteiger partial charge in [-0.1, -0.05) is 47.9 Å². The SMILES string of the molecule is CCN1/C(=C2/SC(=S)N(CCS(=O)(=O)[O-])C2=O)Sc2ccccc21.[K+]. The second-order valence-electron chi connectivity index (χ2n) is 5.03. The third-order valence-electron chi connectivity index (χ3n) is 3.53. The third kappa shape index (κ3) is 4.70. The van der Waals surface area contributed by atoms with Crippen LogP contribution in [0.1, 0.15) is 6.92 Å². The fraction of sp³-hybridized carbons (Fsp3) is 0.286. The van der Waals surface area contributed by atoms with Crippen LogP contribution in [0.5, 0.6) is 0 Å². The van der Waals surface area contributed by atoms with Crippen molar-refractivity contribution in [3.05, 3.63) is 34.2 Å². The molecule has 25 heavy (non-hydrogen) atoms. The summed E-state index contributed by atoms with van der Waals surface area (Å²) in [5.41, 5.74) is 1.03. The van der Waals surface area contributed by atoms with Crippen LogP contribution >= 0.6 is 35.7 Å². The Morgan fingerprint density at radius 1 is 1.20 bits per heavy atom. The number of benzene rings is 1. The van der Waals surface area contributed by atoms with E-state index in [9.17, 15) is 17.8 Å². The quantitative estimate of drug-likeness (QED) is 0.261. The van der Waals surface area contributed by atoms with E-state index in [4.69, 9.17) is 12.2 Å². The van der Waals surface area contributed by atoms with Crippen molar-refractivity contribution in [2.24, 2.45) is 0 Å². The van der Waals surface area contributed by atoms with E-state index in [1.165, 1.54) is 16.7 Å². The summed E-state index contributed by atoms with van der Waals surface area (Å²) in [5, 5.41) is 0.795. The van der Waals surface area contributed by atoms with E-state index in [0.717, 1.165) is 27.4 Å². The smallest absolute Gasteiger partial charge is 0.748 e. The number of thiocarbonyl (C=S) groups is 1. The number of nitrogens with zero attached hydrogens (tertiary/aromatic N) is 2. The minimum Gasteiger partial charge on any atom is -0.748 e. The predicted molar refractivity (Wildman–Crippen MR) is 98.8 cm³/mol. The Labute approximate surface area is 202 Å². The molecule has 0 aliphatic carbocycles. The van der Waals surface area contributed by atoms with Gasteiger partial charge in [-0.15, -0.1) is 0 Å². The van der Waals surface area contributed by atoms with Gasteiger partial charge in [-0.3, -0.25) is 9.69 Å². The van der Waals surface area contributed by atoms with E-state index in [2.05, 4.69) is 0 Å². The molecule has 1 fully saturated rings. The van der Waals surface area contributed by atoms with Crippen LogP contribution in [0, 0.1) is 0 Å². The maximum Gasteiger partial charge on any atom is 1.00 e. The Bertz CT molecular complexity index is 856. The van der Waals surface area contributed by atoms with Crippen molar-refractivity contribution in [2.75, 3.05) is 23.7 Å². The second kappa shape index (κ2) is 8.72. The van der Waals surface area contributed by atoms with Gasteiger partial charge in [0.05, 0.1) is 21.6 Å². The second-order valence-corrected chi connectivity index (χ2v) is 9.23. The van der Waals surface area contributed by atoms with Gasteiger partial charge in [-0.2, -0.15) is 0 Å². The largest absolute Gasteiger partial charge is 1.00 e. The molecule has 1 saturated heterocycles. The first-order valence-electron chi connectivity index (χ1n) is 7.07. The molecule has 1 amide bonds. The van der Waals surface area contributed by atoms with Crippen molar-refractivity contribution in [1.82, 2.24) is 4.90 Å². The molecule has 1 aromatic carbocycles. The Morgan fingerprint density at radius 2 is 1.88 bits per heavy atom. The summed E-state index contributed by atoms with van der Waals surface area (Å²) in [4.78, 5) is 17.4. The molecule has 11 heteroatoms. The molecule has 0 bridgehead atoms. The minimum absolute atomic E-state index is 0. The number of thioether (sulfide) groups is 2. The topological polar surface area (TPSA) is 80.8 Å². The maximum absolute atomic E-state index is 12.7. The molecule has 2 aliphatic heterocycles. The molecular formula is C14H13KN2O4S4. The van der Waals surface area contributed by atoms with E-state index in [0.29, 0.717) is 11.4 Å². The number of rotatable bonds is 4. The Kier molecular flexibility index (Phi) is 7.62. The van der Waals surface area contributed by atoms with Crippen LogP contribution in [-0.2, 0) is 14.9 Å². The number of fused-ring (bicyclic) bond motifs is 1. The fourth-order valence-corrected chi connectivity index (χ4v) is 5.53. The molecule has 0 atom stereocenters. The number of hydrogen-bond donors (Lipinski definition) is 0. The summed E-state index contributed by atoms with van der Waals surface area (Å²) in [6, 6.07) is 7.85. The molecule has 0 N–H and O–H groups in total. The molecule has 128 valence electrons. The van der Waals surface area contributed by atoms with Crippen LogP contribution in [0.4, 0.5) is 5.69 Å². The maximum atomic E-state index is 12.7. The van der Waals surface area contributed by atoms with Crippen LogP contribution in [0.15, 0.2) is 39.1 Å². The first-order chi connectivity index (χ1) is 11.3. The van der Waals surface area contributed by atoms with E-state index in [-0.39, 0.29) is 68.2 Å². The molecule has 0 unspecified atom stereocenters. The number of carbonyl (C=O) groups excluding carboxylic acids is 1. The number of anilines is 1. The standard InChI is InChI=1S/C14H14N2O4S4.K/c1-2-15-9-5-3-4-6-10(9)22-13(15)11-12(17)16(14(21)23-11)7-8-24(18,19)20;/h3-6H,2,7-8H2,1H3,(H,18,19,20);/q;+1/p-1/b13-11-;. The summed E-state index contributed by atoms with van der Waals surface area (Å²) < 4.78 is 32.7. The minimum atomic E-state index is -4.40. The summed E-state index contributed by atoms with van der Waals surface area (Å²) in [6.45, 7) is 2.48. The van der Waals surface area contributed by atoms with Gasteiger partial charge >= 0.3 is 51.4 Å². The number of hydrogen-bond acceptors (Lipinski definition) is 8. The number of para-hydroxylation sites is 1. The molecule has 6 nitrogen and oxygen atoms in total. The molecule has 3 rings (SSSR count). The van der Waals surface area contributed by atoms with Crippen molar-refractivity contribution < 1.29 is 69.1 Å². The first-order valence-corrected chi connectivity index (χ1v) is 10.7. The monoisotopic (exact) mass is 440 g/mol. The number of carbonyl (C=O) groups is 1. The van der Waals surface area contributed by atoms with Crippen LogP contribution in [0.2, 0.25) is 0 Å². The van der Waals surface area contributed by atoms with Crippen LogP contribution < -0.4 is 56.3 Å². The number of amides is 1. The summed E-state index contributed by atoms with van der Waals surface area (Å²) in [6.07, 6.45) is 0. The first kappa shape index (κ1) is 21.9. The van der Waals surface area contributed by atoms with E-state index in [1.54, 1.807) is 0 Å². The van der Waals surface area contributed by atoms with Crippen LogP contribution in [-0.4, -0.2) is 46.9 Å². The molecular weight excluding hydrogens is 428 g/mol. The molecule has 0 aromatic heterocycles. The van der Waals surface area contributed by atoms with Crippen molar-refractivity contribution in [3.8, 4) is 0 Å². The zero-order valence-corrected chi connectivity index (χ0v) is 20.0. The molecule has 0 radical (unpaired) electrons. The molecule has 2 heterocycles. The fourth-order valence-electron chi connectivity index (χ4n) is 2.44. The summed E-state index contributed by atoms with van der Waals surface area (Å²) in [5.74, 6) is -0.991. The van der Waals surface area contributed by atoms with Gasteiger partial charge in [0.1, 0.15) is 14.3 Å². The van der Waals surface area contributed by atoms with Crippen molar-refractivity contribution >= 4 is 61.8 Å². The Hall–Kier alpha value is 0.566. The summed E-state index contributed by atoms with van der Waals surface area (Å²) in [7, 11) is -4.40. The van der Waals surface area contributed by atoms with Crippen LogP contribution in [0.25, 0.3) is 0 Å². The van der Waals surface area contributed by atoms with Crippen molar-refractivity contribution in [3.63, 3.8) is 0 Å². The predicted octanol–water partition coefficient (Wildman–Crippen LogP) is -0.803. The summed E-state index contributed by atoms with van der Waals surface area (Å²) >= 11 is 7.83. The average molecular weight is 441 g/mol. The normalized spacial score (nSPS) is 20.1.